The number of hydrogen-bond donors (Lipinski definition) is 2. The van der Waals surface area contributed by atoms with Gasteiger partial charge in [0.2, 0.25) is 5.91 Å². The molecule has 0 unspecified atom stereocenters. The van der Waals surface area contributed by atoms with Crippen LogP contribution in [-0.2, 0) is 37.5 Å². The predicted molar refractivity (Wildman–Crippen MR) is 118 cm³/mol. The summed E-state index contributed by atoms with van der Waals surface area (Å²) in [6.45, 7) is 1.72. The van der Waals surface area contributed by atoms with Crippen LogP contribution in [0.2, 0.25) is 15.1 Å². The Labute approximate surface area is 219 Å². The van der Waals surface area contributed by atoms with Gasteiger partial charge in [0.05, 0.1) is 32.5 Å². The minimum atomic E-state index is -0.585. The van der Waals surface area contributed by atoms with Gasteiger partial charge in [-0.25, -0.2) is 0 Å². The van der Waals surface area contributed by atoms with E-state index in [0.717, 1.165) is 0 Å². The van der Waals surface area contributed by atoms with Crippen molar-refractivity contribution in [1.29, 1.82) is 0 Å². The molecule has 0 bridgehead atoms. The van der Waals surface area contributed by atoms with Crippen LogP contribution in [0.1, 0.15) is 26.3 Å². The number of carbonyl (C=O) groups is 2. The van der Waals surface area contributed by atoms with Crippen molar-refractivity contribution in [2.45, 2.75) is 6.92 Å². The van der Waals surface area contributed by atoms with Crippen LogP contribution in [0.25, 0.3) is 11.3 Å². The van der Waals surface area contributed by atoms with E-state index in [1.807, 2.05) is 0 Å². The summed E-state index contributed by atoms with van der Waals surface area (Å²) < 4.78 is 1.65. The van der Waals surface area contributed by atoms with E-state index < -0.39 is 11.8 Å². The molecule has 0 saturated heterocycles. The van der Waals surface area contributed by atoms with E-state index in [-0.39, 0.29) is 38.3 Å². The van der Waals surface area contributed by atoms with Crippen LogP contribution < -0.4 is 10.7 Å². The molecule has 1 heterocycles. The Morgan fingerprint density at radius 2 is 1.74 bits per heavy atom. The van der Waals surface area contributed by atoms with Crippen molar-refractivity contribution in [3.63, 3.8) is 0 Å². The Morgan fingerprint density at radius 3 is 2.39 bits per heavy atom. The monoisotopic (exact) mass is 554 g/mol. The molecule has 2 aromatic carbocycles. The molecule has 159 valence electrons. The Bertz CT molecular complexity index is 1100. The van der Waals surface area contributed by atoms with Gasteiger partial charge in [-0.1, -0.05) is 40.9 Å². The summed E-state index contributed by atoms with van der Waals surface area (Å²) in [5.74, 6) is -1.02. The molecule has 0 spiro atoms. The number of carbonyl (C=O) groups excluding carboxylic acids is 2. The van der Waals surface area contributed by atoms with Crippen LogP contribution in [0.4, 0.5) is 5.69 Å². The van der Waals surface area contributed by atoms with Crippen molar-refractivity contribution >= 4 is 52.3 Å². The SMILES string of the molecule is CO[N-]NC(=O)c1cc(Cl)cc(C)c1NC(=O)c1ccn(-c2c(Cl)cccc2Cl)c1.[Y]. The molecule has 31 heavy (non-hydrogen) atoms. The number of anilines is 1. The fourth-order valence-corrected chi connectivity index (χ4v) is 3.69. The minimum absolute atomic E-state index is 0. The molecule has 3 rings (SSSR count). The topological polar surface area (TPSA) is 86.5 Å². The summed E-state index contributed by atoms with van der Waals surface area (Å²) in [4.78, 5) is 29.7. The Balaban J connectivity index is 0.00000341. The number of nitrogens with zero attached hydrogens (tertiary/aromatic N) is 2. The molecular weight excluding hydrogens is 540 g/mol. The molecule has 11 heteroatoms. The van der Waals surface area contributed by atoms with E-state index in [1.54, 1.807) is 54.2 Å². The molecule has 1 radical (unpaired) electrons. The average molecular weight is 556 g/mol. The van der Waals surface area contributed by atoms with Gasteiger partial charge in [-0.05, 0) is 42.8 Å². The summed E-state index contributed by atoms with van der Waals surface area (Å²) >= 11 is 18.5. The number of halogens is 3. The first-order valence-corrected chi connectivity index (χ1v) is 9.72. The van der Waals surface area contributed by atoms with Crippen LogP contribution in [0.5, 0.6) is 0 Å². The van der Waals surface area contributed by atoms with Crippen LogP contribution in [0, 0.1) is 6.92 Å². The average Bonchev–Trinajstić information content (AvgIpc) is 3.17. The summed E-state index contributed by atoms with van der Waals surface area (Å²) in [5, 5.41) is 3.98. The fourth-order valence-electron chi connectivity index (χ4n) is 2.83. The van der Waals surface area contributed by atoms with Gasteiger partial charge in [0.25, 0.3) is 5.91 Å². The molecule has 0 aliphatic carbocycles. The van der Waals surface area contributed by atoms with Crippen molar-refractivity contribution < 1.29 is 47.1 Å². The summed E-state index contributed by atoms with van der Waals surface area (Å²) in [7, 11) is 1.29. The van der Waals surface area contributed by atoms with Crippen LogP contribution in [0.15, 0.2) is 48.8 Å². The van der Waals surface area contributed by atoms with Gasteiger partial charge in [-0.3, -0.25) is 9.59 Å². The van der Waals surface area contributed by atoms with Gasteiger partial charge in [0.15, 0.2) is 0 Å². The maximum absolute atomic E-state index is 12.9. The third kappa shape index (κ3) is 6.08. The molecule has 0 fully saturated rings. The number of rotatable bonds is 6. The zero-order chi connectivity index (χ0) is 21.8. The molecule has 2 amide bonds. The van der Waals surface area contributed by atoms with Gasteiger partial charge >= 0.3 is 0 Å². The molecular formula is C20H16Cl3N4O3Y-. The number of para-hydroxylation sites is 1. The third-order valence-electron chi connectivity index (χ3n) is 4.17. The van der Waals surface area contributed by atoms with E-state index in [4.69, 9.17) is 34.8 Å². The molecule has 0 aliphatic rings. The number of aryl methyl sites for hydroxylation is 1. The van der Waals surface area contributed by atoms with Crippen LogP contribution >= 0.6 is 34.8 Å². The maximum atomic E-state index is 12.9. The van der Waals surface area contributed by atoms with E-state index in [1.165, 1.54) is 13.2 Å². The summed E-state index contributed by atoms with van der Waals surface area (Å²) in [6, 6.07) is 9.82. The zero-order valence-electron chi connectivity index (χ0n) is 16.4. The second-order valence-corrected chi connectivity index (χ2v) is 7.44. The maximum Gasteiger partial charge on any atom is 0.257 e. The Kier molecular flexibility index (Phi) is 9.52. The fraction of sp³-hybridized carbons (Fsp3) is 0.100. The number of benzene rings is 2. The molecule has 7 nitrogen and oxygen atoms in total. The standard InChI is InChI=1S/C20H16Cl3N4O3.Y/c1-11-8-13(21)9-14(20(29)25-26-30-2)17(11)24-19(28)12-6-7-27(10-12)18-15(22)4-3-5-16(18)23;/h3-10H,1-2H3,(H2,24,25,28,29);/q-1;. The van der Waals surface area contributed by atoms with E-state index in [2.05, 4.69) is 21.2 Å². The van der Waals surface area contributed by atoms with Crippen molar-refractivity contribution in [3.8, 4) is 5.69 Å². The molecule has 3 aromatic rings. The normalized spacial score (nSPS) is 10.4. The zero-order valence-corrected chi connectivity index (χ0v) is 21.6. The molecule has 0 atom stereocenters. The summed E-state index contributed by atoms with van der Waals surface area (Å²) in [6.07, 6.45) is 3.26. The Hall–Kier alpha value is -1.45. The number of hydrogen-bond acceptors (Lipinski definition) is 3. The van der Waals surface area contributed by atoms with E-state index >= 15 is 0 Å². The second kappa shape index (κ2) is 11.4. The first-order chi connectivity index (χ1) is 14.3. The van der Waals surface area contributed by atoms with Crippen molar-refractivity contribution in [1.82, 2.24) is 9.99 Å². The number of aromatic nitrogens is 1. The van der Waals surface area contributed by atoms with Gasteiger partial charge in [0.1, 0.15) is 0 Å². The van der Waals surface area contributed by atoms with E-state index in [9.17, 15) is 9.59 Å². The predicted octanol–water partition coefficient (Wildman–Crippen LogP) is 5.58. The molecule has 0 saturated carbocycles. The Morgan fingerprint density at radius 1 is 1.06 bits per heavy atom. The van der Waals surface area contributed by atoms with Crippen molar-refractivity contribution in [2.75, 3.05) is 12.4 Å². The van der Waals surface area contributed by atoms with Crippen molar-refractivity contribution in [2.24, 2.45) is 0 Å². The number of nitrogens with one attached hydrogen (secondary N) is 2. The number of amides is 2. The largest absolute Gasteiger partial charge is 0.470 e. The van der Waals surface area contributed by atoms with Gasteiger partial charge in [0, 0.05) is 57.2 Å². The first-order valence-electron chi connectivity index (χ1n) is 8.59. The van der Waals surface area contributed by atoms with Crippen molar-refractivity contribution in [3.05, 3.63) is 86.1 Å². The molecule has 1 aromatic heterocycles. The quantitative estimate of drug-likeness (QED) is 0.390. The van der Waals surface area contributed by atoms with Gasteiger partial charge < -0.3 is 25.7 Å². The van der Waals surface area contributed by atoms with Crippen LogP contribution in [0.3, 0.4) is 0 Å². The van der Waals surface area contributed by atoms with Gasteiger partial charge in [-0.2, -0.15) is 0 Å². The molecule has 0 aliphatic heterocycles. The second-order valence-electron chi connectivity index (χ2n) is 6.19. The minimum Gasteiger partial charge on any atom is -0.470 e. The molecule has 2 N–H and O–H groups in total. The van der Waals surface area contributed by atoms with Crippen LogP contribution in [-0.4, -0.2) is 23.5 Å². The third-order valence-corrected chi connectivity index (χ3v) is 5.00. The first kappa shape index (κ1) is 25.8. The smallest absolute Gasteiger partial charge is 0.257 e. The summed E-state index contributed by atoms with van der Waals surface area (Å²) in [5.41, 5.74) is 7.52. The van der Waals surface area contributed by atoms with E-state index in [0.29, 0.717) is 37.6 Å². The van der Waals surface area contributed by atoms with Gasteiger partial charge in [-0.15, -0.1) is 0 Å².